The molecule has 1 aliphatic heterocycles. The number of anilines is 2. The number of carboxylic acids is 1. The lowest BCUT2D eigenvalue weighted by Gasteiger charge is -2.39. The Bertz CT molecular complexity index is 1690. The van der Waals surface area contributed by atoms with Gasteiger partial charge in [0.1, 0.15) is 11.1 Å². The second-order valence-corrected chi connectivity index (χ2v) is 12.1. The molecule has 2 N–H and O–H groups in total. The van der Waals surface area contributed by atoms with Gasteiger partial charge in [-0.3, -0.25) is 19.0 Å². The second kappa shape index (κ2) is 11.6. The fourth-order valence-electron chi connectivity index (χ4n) is 5.84. The molecule has 228 valence electrons. The Morgan fingerprint density at radius 2 is 1.72 bits per heavy atom. The fraction of sp³-hybridized carbons (Fsp3) is 0.452. The molecule has 12 heteroatoms. The summed E-state index contributed by atoms with van der Waals surface area (Å²) in [5, 5.41) is 23.0. The number of aryl methyl sites for hydroxylation is 2. The highest BCUT2D eigenvalue weighted by atomic mass is 16.6. The molecule has 1 saturated heterocycles. The topological polar surface area (TPSA) is 135 Å². The second-order valence-electron chi connectivity index (χ2n) is 12.1. The molecule has 0 aliphatic carbocycles. The van der Waals surface area contributed by atoms with Crippen LogP contribution < -0.4 is 10.2 Å². The van der Waals surface area contributed by atoms with Crippen molar-refractivity contribution < 1.29 is 24.2 Å². The minimum Gasteiger partial charge on any atom is -0.481 e. The van der Waals surface area contributed by atoms with E-state index >= 15 is 0 Å². The summed E-state index contributed by atoms with van der Waals surface area (Å²) < 4.78 is 8.96. The van der Waals surface area contributed by atoms with Crippen LogP contribution in [0.2, 0.25) is 0 Å². The Morgan fingerprint density at radius 3 is 2.37 bits per heavy atom. The van der Waals surface area contributed by atoms with E-state index in [-0.39, 0.29) is 24.5 Å². The van der Waals surface area contributed by atoms with Crippen molar-refractivity contribution in [1.29, 1.82) is 0 Å². The Labute approximate surface area is 250 Å². The zero-order valence-corrected chi connectivity index (χ0v) is 25.5. The third-order valence-corrected chi connectivity index (χ3v) is 7.63. The van der Waals surface area contributed by atoms with Crippen LogP contribution in [0.1, 0.15) is 56.5 Å². The molecule has 0 atom stereocenters. The van der Waals surface area contributed by atoms with Gasteiger partial charge in [-0.05, 0) is 70.4 Å². The van der Waals surface area contributed by atoms with Crippen molar-refractivity contribution in [2.45, 2.75) is 58.6 Å². The first kappa shape index (κ1) is 29.9. The highest BCUT2D eigenvalue weighted by molar-refractivity contribution is 6.14. The molecule has 3 heterocycles. The highest BCUT2D eigenvalue weighted by Gasteiger charge is 2.31. The molecule has 0 bridgehead atoms. The number of carbonyl (C=O) groups is 3. The Hall–Kier alpha value is -4.61. The van der Waals surface area contributed by atoms with Crippen molar-refractivity contribution in [2.24, 2.45) is 14.1 Å². The van der Waals surface area contributed by atoms with Crippen LogP contribution in [0.5, 0.6) is 0 Å². The third kappa shape index (κ3) is 6.42. The van der Waals surface area contributed by atoms with E-state index < -0.39 is 11.6 Å². The van der Waals surface area contributed by atoms with E-state index in [0.717, 1.165) is 42.4 Å². The first-order valence-electron chi connectivity index (χ1n) is 14.5. The summed E-state index contributed by atoms with van der Waals surface area (Å²) in [6.07, 6.45) is 4.81. The van der Waals surface area contributed by atoms with Gasteiger partial charge in [0, 0.05) is 74.3 Å². The number of aliphatic carboxylic acids is 1. The lowest BCUT2D eigenvalue weighted by Crippen LogP contribution is -2.48. The molecule has 1 aliphatic rings. The van der Waals surface area contributed by atoms with Gasteiger partial charge >= 0.3 is 12.1 Å². The first-order valence-corrected chi connectivity index (χ1v) is 14.5. The van der Waals surface area contributed by atoms with E-state index in [0.29, 0.717) is 34.4 Å². The summed E-state index contributed by atoms with van der Waals surface area (Å²) in [6, 6.07) is 7.27. The van der Waals surface area contributed by atoms with Gasteiger partial charge in [-0.25, -0.2) is 4.79 Å². The molecule has 0 unspecified atom stereocenters. The van der Waals surface area contributed by atoms with E-state index in [4.69, 9.17) is 4.74 Å². The molecule has 12 nitrogen and oxygen atoms in total. The van der Waals surface area contributed by atoms with E-state index in [9.17, 15) is 19.5 Å². The summed E-state index contributed by atoms with van der Waals surface area (Å²) in [5.74, 6) is -1.31. The molecule has 0 spiro atoms. The number of hydrogen-bond acceptors (Lipinski definition) is 7. The number of nitrogens with one attached hydrogen (secondary N) is 1. The van der Waals surface area contributed by atoms with E-state index in [1.165, 1.54) is 0 Å². The van der Waals surface area contributed by atoms with Crippen molar-refractivity contribution >= 4 is 51.2 Å². The van der Waals surface area contributed by atoms with Gasteiger partial charge in [0.05, 0.1) is 17.5 Å². The highest BCUT2D eigenvalue weighted by Crippen LogP contribution is 2.33. The van der Waals surface area contributed by atoms with Gasteiger partial charge in [0.25, 0.3) is 5.91 Å². The predicted octanol–water partition coefficient (Wildman–Crippen LogP) is 4.57. The molecule has 1 fully saturated rings. The molecular weight excluding hydrogens is 550 g/mol. The van der Waals surface area contributed by atoms with Crippen LogP contribution in [0.4, 0.5) is 16.2 Å². The van der Waals surface area contributed by atoms with Crippen LogP contribution >= 0.6 is 0 Å². The van der Waals surface area contributed by atoms with Crippen molar-refractivity contribution in [3.63, 3.8) is 0 Å². The van der Waals surface area contributed by atoms with Crippen LogP contribution in [0, 0.1) is 0 Å². The third-order valence-electron chi connectivity index (χ3n) is 7.63. The zero-order chi connectivity index (χ0) is 31.1. The van der Waals surface area contributed by atoms with Crippen LogP contribution in [-0.2, 0) is 30.0 Å². The summed E-state index contributed by atoms with van der Waals surface area (Å²) in [4.78, 5) is 41.9. The number of rotatable bonds is 7. The SMILES string of the molecule is CCN(C(=O)OC(C)(C)C)C1CCN(c2ccc(C(=O)Nc3cc(CC(=O)O)c4nn(C)cc4c3)c3nn(C)cc23)CC1. The number of piperidine rings is 1. The predicted molar refractivity (Wildman–Crippen MR) is 165 cm³/mol. The number of aromatic nitrogens is 4. The maximum atomic E-state index is 13.6. The van der Waals surface area contributed by atoms with Gasteiger partial charge in [0.2, 0.25) is 0 Å². The molecule has 5 rings (SSSR count). The molecule has 2 aromatic carbocycles. The first-order chi connectivity index (χ1) is 20.3. The largest absolute Gasteiger partial charge is 0.481 e. The van der Waals surface area contributed by atoms with Crippen LogP contribution in [-0.4, -0.2) is 78.8 Å². The fourth-order valence-corrected chi connectivity index (χ4v) is 5.84. The molecule has 0 radical (unpaired) electrons. The summed E-state index contributed by atoms with van der Waals surface area (Å²) in [5.41, 5.74) is 3.05. The van der Waals surface area contributed by atoms with Gasteiger partial charge in [0.15, 0.2) is 0 Å². The van der Waals surface area contributed by atoms with Gasteiger partial charge < -0.3 is 25.0 Å². The molecule has 0 saturated carbocycles. The number of benzene rings is 2. The standard InChI is InChI=1S/C31H39N7O5/c1-7-38(30(42)43-31(2,3)4)22-10-12-37(13-11-22)25-9-8-23(28-24(25)18-36(6)34-28)29(41)32-21-14-19(16-26(39)40)27-20(15-21)17-35(5)33-27/h8-9,14-15,17-18,22H,7,10-13,16H2,1-6H3,(H,32,41)(H,39,40). The monoisotopic (exact) mass is 589 g/mol. The number of carbonyl (C=O) groups excluding carboxylic acids is 2. The van der Waals surface area contributed by atoms with E-state index in [1.54, 1.807) is 40.8 Å². The van der Waals surface area contributed by atoms with Crippen molar-refractivity contribution in [3.05, 3.63) is 47.8 Å². The van der Waals surface area contributed by atoms with Crippen LogP contribution in [0.3, 0.4) is 0 Å². The minimum absolute atomic E-state index is 0.0914. The van der Waals surface area contributed by atoms with Gasteiger partial charge in [-0.1, -0.05) is 0 Å². The average Bonchev–Trinajstić information content (AvgIpc) is 3.49. The molecular formula is C31H39N7O5. The van der Waals surface area contributed by atoms with E-state index in [1.807, 2.05) is 51.9 Å². The summed E-state index contributed by atoms with van der Waals surface area (Å²) >= 11 is 0. The average molecular weight is 590 g/mol. The smallest absolute Gasteiger partial charge is 0.410 e. The number of carboxylic acid groups (broad SMARTS) is 1. The zero-order valence-electron chi connectivity index (χ0n) is 25.5. The van der Waals surface area contributed by atoms with E-state index in [2.05, 4.69) is 20.4 Å². The Kier molecular flexibility index (Phi) is 8.04. The number of hydrogen-bond donors (Lipinski definition) is 2. The quantitative estimate of drug-likeness (QED) is 0.320. The molecule has 2 amide bonds. The number of nitrogens with zero attached hydrogens (tertiary/aromatic N) is 6. The summed E-state index contributed by atoms with van der Waals surface area (Å²) in [6.45, 7) is 9.68. The Balaban J connectivity index is 1.36. The molecule has 43 heavy (non-hydrogen) atoms. The maximum absolute atomic E-state index is 13.6. The van der Waals surface area contributed by atoms with Gasteiger partial charge in [-0.15, -0.1) is 0 Å². The number of amides is 2. The lowest BCUT2D eigenvalue weighted by molar-refractivity contribution is -0.136. The molecule has 4 aromatic rings. The maximum Gasteiger partial charge on any atom is 0.410 e. The minimum atomic E-state index is -0.975. The number of ether oxygens (including phenoxy) is 1. The van der Waals surface area contributed by atoms with Gasteiger partial charge in [-0.2, -0.15) is 10.2 Å². The van der Waals surface area contributed by atoms with Crippen molar-refractivity contribution in [1.82, 2.24) is 24.5 Å². The van der Waals surface area contributed by atoms with Crippen molar-refractivity contribution in [2.75, 3.05) is 29.9 Å². The summed E-state index contributed by atoms with van der Waals surface area (Å²) in [7, 11) is 3.59. The van der Waals surface area contributed by atoms with Crippen molar-refractivity contribution in [3.8, 4) is 0 Å². The normalized spacial score (nSPS) is 14.3. The van der Waals surface area contributed by atoms with Crippen LogP contribution in [0.25, 0.3) is 21.8 Å². The lowest BCUT2D eigenvalue weighted by atomic mass is 10.0. The Morgan fingerprint density at radius 1 is 1.05 bits per heavy atom. The number of fused-ring (bicyclic) bond motifs is 2. The van der Waals surface area contributed by atoms with Crippen LogP contribution in [0.15, 0.2) is 36.7 Å². The molecule has 2 aromatic heterocycles.